The molecular formula is C23H25FN4O2. The standard InChI is InChI=1S/C23H25FN4O2/c1-23(2,3)14-21(30)27-19(15-7-9-16(24)10-8-15)12-17-13-20(29)28-22(26-17)18-6-4-5-11-25-18/h4-11,13,19H,12,14H2,1-3H3,(H,27,30)(H,26,28,29). The van der Waals surface area contributed by atoms with E-state index in [-0.39, 0.29) is 29.1 Å². The molecule has 3 aromatic rings. The van der Waals surface area contributed by atoms with Crippen molar-refractivity contribution in [1.29, 1.82) is 0 Å². The predicted molar refractivity (Wildman–Crippen MR) is 113 cm³/mol. The zero-order valence-corrected chi connectivity index (χ0v) is 17.3. The minimum atomic E-state index is -0.452. The lowest BCUT2D eigenvalue weighted by molar-refractivity contribution is -0.123. The average molecular weight is 408 g/mol. The van der Waals surface area contributed by atoms with Gasteiger partial charge in [0.1, 0.15) is 11.5 Å². The molecule has 1 amide bonds. The number of halogens is 1. The molecule has 2 aromatic heterocycles. The Balaban J connectivity index is 1.91. The summed E-state index contributed by atoms with van der Waals surface area (Å²) in [5.41, 5.74) is 1.31. The molecule has 6 nitrogen and oxygen atoms in total. The number of pyridine rings is 1. The molecule has 156 valence electrons. The Labute approximate surface area is 174 Å². The summed E-state index contributed by atoms with van der Waals surface area (Å²) in [7, 11) is 0. The van der Waals surface area contributed by atoms with E-state index in [1.165, 1.54) is 18.2 Å². The van der Waals surface area contributed by atoms with E-state index >= 15 is 0 Å². The monoisotopic (exact) mass is 408 g/mol. The normalized spacial score (nSPS) is 12.4. The van der Waals surface area contributed by atoms with Crippen molar-refractivity contribution in [1.82, 2.24) is 20.3 Å². The first-order valence-corrected chi connectivity index (χ1v) is 9.76. The number of H-pyrrole nitrogens is 1. The molecule has 2 N–H and O–H groups in total. The number of benzene rings is 1. The quantitative estimate of drug-likeness (QED) is 0.649. The van der Waals surface area contributed by atoms with Crippen molar-refractivity contribution >= 4 is 5.91 Å². The van der Waals surface area contributed by atoms with E-state index in [1.54, 1.807) is 30.5 Å². The Hall–Kier alpha value is -3.35. The van der Waals surface area contributed by atoms with Crippen LogP contribution >= 0.6 is 0 Å². The third-order valence-electron chi connectivity index (χ3n) is 4.41. The van der Waals surface area contributed by atoms with Crippen LogP contribution in [-0.4, -0.2) is 20.9 Å². The number of carbonyl (C=O) groups is 1. The van der Waals surface area contributed by atoms with Crippen molar-refractivity contribution in [3.8, 4) is 11.5 Å². The van der Waals surface area contributed by atoms with E-state index in [2.05, 4.69) is 20.3 Å². The summed E-state index contributed by atoms with van der Waals surface area (Å²) in [6.45, 7) is 5.95. The van der Waals surface area contributed by atoms with Crippen LogP contribution in [0.25, 0.3) is 11.5 Å². The summed E-state index contributed by atoms with van der Waals surface area (Å²) in [5, 5.41) is 3.01. The molecule has 0 radical (unpaired) electrons. The first-order valence-electron chi connectivity index (χ1n) is 9.76. The van der Waals surface area contributed by atoms with Crippen molar-refractivity contribution in [3.05, 3.63) is 82.2 Å². The van der Waals surface area contributed by atoms with E-state index in [0.29, 0.717) is 23.6 Å². The van der Waals surface area contributed by atoms with Gasteiger partial charge in [-0.3, -0.25) is 14.6 Å². The van der Waals surface area contributed by atoms with Gasteiger partial charge in [0.25, 0.3) is 5.56 Å². The summed E-state index contributed by atoms with van der Waals surface area (Å²) in [6.07, 6.45) is 2.24. The van der Waals surface area contributed by atoms with Crippen molar-refractivity contribution in [2.75, 3.05) is 0 Å². The van der Waals surface area contributed by atoms with Crippen LogP contribution in [0.2, 0.25) is 0 Å². The zero-order valence-electron chi connectivity index (χ0n) is 17.3. The maximum absolute atomic E-state index is 13.4. The molecule has 2 heterocycles. The molecular weight excluding hydrogens is 383 g/mol. The van der Waals surface area contributed by atoms with Crippen molar-refractivity contribution in [2.45, 2.75) is 39.7 Å². The second-order valence-electron chi connectivity index (χ2n) is 8.41. The molecule has 0 fully saturated rings. The van der Waals surface area contributed by atoms with Gasteiger partial charge in [0, 0.05) is 25.1 Å². The molecule has 1 atom stereocenters. The number of nitrogens with one attached hydrogen (secondary N) is 2. The Bertz CT molecular complexity index is 1060. The number of aromatic amines is 1. The van der Waals surface area contributed by atoms with Crippen LogP contribution in [0.3, 0.4) is 0 Å². The molecule has 0 spiro atoms. The summed E-state index contributed by atoms with van der Waals surface area (Å²) in [5.74, 6) is -0.117. The average Bonchev–Trinajstić information content (AvgIpc) is 2.67. The van der Waals surface area contributed by atoms with Crippen molar-refractivity contribution < 1.29 is 9.18 Å². The smallest absolute Gasteiger partial charge is 0.251 e. The van der Waals surface area contributed by atoms with Gasteiger partial charge in [-0.2, -0.15) is 0 Å². The summed E-state index contributed by atoms with van der Waals surface area (Å²) >= 11 is 0. The van der Waals surface area contributed by atoms with Gasteiger partial charge < -0.3 is 10.3 Å². The lowest BCUT2D eigenvalue weighted by atomic mass is 9.91. The fourth-order valence-electron chi connectivity index (χ4n) is 3.12. The van der Waals surface area contributed by atoms with Gasteiger partial charge in [-0.25, -0.2) is 9.37 Å². The van der Waals surface area contributed by atoms with Crippen LogP contribution in [-0.2, 0) is 11.2 Å². The SMILES string of the molecule is CC(C)(C)CC(=O)NC(Cc1cc(=O)[nH]c(-c2ccccn2)n1)c1ccc(F)cc1. The fourth-order valence-corrected chi connectivity index (χ4v) is 3.12. The molecule has 0 saturated carbocycles. The third kappa shape index (κ3) is 6.07. The van der Waals surface area contributed by atoms with Crippen molar-refractivity contribution in [2.24, 2.45) is 5.41 Å². The Morgan fingerprint density at radius 2 is 1.90 bits per heavy atom. The van der Waals surface area contributed by atoms with Crippen LogP contribution < -0.4 is 10.9 Å². The number of aromatic nitrogens is 3. The topological polar surface area (TPSA) is 87.7 Å². The summed E-state index contributed by atoms with van der Waals surface area (Å²) in [4.78, 5) is 36.2. The fraction of sp³-hybridized carbons (Fsp3) is 0.304. The number of rotatable bonds is 6. The van der Waals surface area contributed by atoms with Crippen LogP contribution in [0.4, 0.5) is 4.39 Å². The molecule has 1 unspecified atom stereocenters. The van der Waals surface area contributed by atoms with Gasteiger partial charge in [-0.1, -0.05) is 39.0 Å². The van der Waals surface area contributed by atoms with Crippen LogP contribution in [0.15, 0.2) is 59.5 Å². The first kappa shape index (κ1) is 21.4. The largest absolute Gasteiger partial charge is 0.349 e. The highest BCUT2D eigenvalue weighted by Crippen LogP contribution is 2.22. The molecule has 0 aliphatic heterocycles. The van der Waals surface area contributed by atoms with E-state index in [9.17, 15) is 14.0 Å². The summed E-state index contributed by atoms with van der Waals surface area (Å²) in [6, 6.07) is 12.2. The van der Waals surface area contributed by atoms with E-state index < -0.39 is 6.04 Å². The number of carbonyl (C=O) groups excluding carboxylic acids is 1. The molecule has 3 rings (SSSR count). The maximum Gasteiger partial charge on any atom is 0.251 e. The molecule has 30 heavy (non-hydrogen) atoms. The van der Waals surface area contributed by atoms with Crippen LogP contribution in [0, 0.1) is 11.2 Å². The van der Waals surface area contributed by atoms with Crippen LogP contribution in [0.5, 0.6) is 0 Å². The lowest BCUT2D eigenvalue weighted by Crippen LogP contribution is -2.33. The predicted octanol–water partition coefficient (Wildman–Crippen LogP) is 3.81. The zero-order chi connectivity index (χ0) is 21.7. The van der Waals surface area contributed by atoms with Crippen molar-refractivity contribution in [3.63, 3.8) is 0 Å². The van der Waals surface area contributed by atoms with Gasteiger partial charge in [0.15, 0.2) is 5.82 Å². The van der Waals surface area contributed by atoms with E-state index in [1.807, 2.05) is 26.8 Å². The molecule has 1 aromatic carbocycles. The van der Waals surface area contributed by atoms with E-state index in [4.69, 9.17) is 0 Å². The third-order valence-corrected chi connectivity index (χ3v) is 4.41. The van der Waals surface area contributed by atoms with Crippen LogP contribution in [0.1, 0.15) is 44.5 Å². The second-order valence-corrected chi connectivity index (χ2v) is 8.41. The molecule has 0 saturated heterocycles. The van der Waals surface area contributed by atoms with Gasteiger partial charge in [0.05, 0.1) is 11.7 Å². The number of hydrogen-bond acceptors (Lipinski definition) is 4. The Morgan fingerprint density at radius 3 is 2.53 bits per heavy atom. The van der Waals surface area contributed by atoms with E-state index in [0.717, 1.165) is 5.56 Å². The van der Waals surface area contributed by atoms with Gasteiger partial charge in [0.2, 0.25) is 5.91 Å². The highest BCUT2D eigenvalue weighted by Gasteiger charge is 2.21. The van der Waals surface area contributed by atoms with Gasteiger partial charge in [-0.05, 0) is 35.2 Å². The molecule has 0 aliphatic carbocycles. The number of nitrogens with zero attached hydrogens (tertiary/aromatic N) is 2. The highest BCUT2D eigenvalue weighted by atomic mass is 19.1. The molecule has 0 bridgehead atoms. The number of amides is 1. The molecule has 7 heteroatoms. The Kier molecular flexibility index (Phi) is 6.40. The Morgan fingerprint density at radius 1 is 1.17 bits per heavy atom. The maximum atomic E-state index is 13.4. The molecule has 0 aliphatic rings. The minimum Gasteiger partial charge on any atom is -0.349 e. The van der Waals surface area contributed by atoms with Gasteiger partial charge >= 0.3 is 0 Å². The van der Waals surface area contributed by atoms with Gasteiger partial charge in [-0.15, -0.1) is 0 Å². The highest BCUT2D eigenvalue weighted by molar-refractivity contribution is 5.77. The number of hydrogen-bond donors (Lipinski definition) is 2. The summed E-state index contributed by atoms with van der Waals surface area (Å²) < 4.78 is 13.4. The minimum absolute atomic E-state index is 0.119. The first-order chi connectivity index (χ1) is 14.2. The lowest BCUT2D eigenvalue weighted by Gasteiger charge is -2.23. The second kappa shape index (κ2) is 8.98.